The summed E-state index contributed by atoms with van der Waals surface area (Å²) in [7, 11) is 0. The van der Waals surface area contributed by atoms with Crippen molar-refractivity contribution in [3.05, 3.63) is 60.2 Å². The molecule has 1 heterocycles. The molecule has 0 spiro atoms. The van der Waals surface area contributed by atoms with Crippen LogP contribution in [0.2, 0.25) is 0 Å². The van der Waals surface area contributed by atoms with Gasteiger partial charge in [0.1, 0.15) is 5.75 Å². The molecule has 2 atom stereocenters. The van der Waals surface area contributed by atoms with Crippen molar-refractivity contribution in [2.75, 3.05) is 11.4 Å². The summed E-state index contributed by atoms with van der Waals surface area (Å²) in [5, 5.41) is 11.7. The molecule has 1 aliphatic carbocycles. The maximum Gasteiger partial charge on any atom is 0.405 e. The number of hydrogen-bond acceptors (Lipinski definition) is 3. The number of anilines is 1. The van der Waals surface area contributed by atoms with E-state index < -0.39 is 18.2 Å². The maximum atomic E-state index is 13.3. The summed E-state index contributed by atoms with van der Waals surface area (Å²) in [5.41, 5.74) is 1.45. The van der Waals surface area contributed by atoms with Crippen molar-refractivity contribution in [1.82, 2.24) is 5.32 Å². The number of para-hydroxylation sites is 2. The Morgan fingerprint density at radius 3 is 2.50 bits per heavy atom. The van der Waals surface area contributed by atoms with Gasteiger partial charge in [0.05, 0.1) is 5.69 Å². The minimum Gasteiger partial charge on any atom is -0.481 e. The van der Waals surface area contributed by atoms with Gasteiger partial charge < -0.3 is 20.1 Å². The van der Waals surface area contributed by atoms with Gasteiger partial charge in [0.25, 0.3) is 5.91 Å². The summed E-state index contributed by atoms with van der Waals surface area (Å²) < 4.78 is 6.17. The number of ether oxygens (including phenoxy) is 1. The van der Waals surface area contributed by atoms with Gasteiger partial charge in [0, 0.05) is 6.54 Å². The topological polar surface area (TPSA) is 78.9 Å². The molecular formula is C20H20N2O4. The van der Waals surface area contributed by atoms with Crippen LogP contribution in [0.15, 0.2) is 54.6 Å². The van der Waals surface area contributed by atoms with Gasteiger partial charge in [-0.15, -0.1) is 0 Å². The SMILES string of the molecule is O=C(O)N[C@@H]1C(=O)N(CC2CC2)c2ccccc2O[C@@H]1c1ccccc1. The van der Waals surface area contributed by atoms with Crippen LogP contribution in [0.5, 0.6) is 5.75 Å². The van der Waals surface area contributed by atoms with Crippen molar-refractivity contribution in [3.63, 3.8) is 0 Å². The molecule has 26 heavy (non-hydrogen) atoms. The lowest BCUT2D eigenvalue weighted by atomic mass is 10.0. The van der Waals surface area contributed by atoms with Crippen LogP contribution >= 0.6 is 0 Å². The second-order valence-electron chi connectivity index (χ2n) is 6.74. The van der Waals surface area contributed by atoms with Crippen LogP contribution in [0.4, 0.5) is 10.5 Å². The van der Waals surface area contributed by atoms with E-state index in [9.17, 15) is 14.7 Å². The predicted octanol–water partition coefficient (Wildman–Crippen LogP) is 3.20. The number of amides is 2. The molecule has 6 heteroatoms. The Kier molecular flexibility index (Phi) is 4.24. The minimum absolute atomic E-state index is 0.280. The summed E-state index contributed by atoms with van der Waals surface area (Å²) in [6.07, 6.45) is 0.202. The van der Waals surface area contributed by atoms with Crippen molar-refractivity contribution < 1.29 is 19.4 Å². The van der Waals surface area contributed by atoms with Gasteiger partial charge in [-0.3, -0.25) is 4.79 Å². The molecule has 0 unspecified atom stereocenters. The van der Waals surface area contributed by atoms with Gasteiger partial charge in [-0.25, -0.2) is 4.79 Å². The van der Waals surface area contributed by atoms with Gasteiger partial charge in [-0.1, -0.05) is 42.5 Å². The van der Waals surface area contributed by atoms with Crippen molar-refractivity contribution in [2.45, 2.75) is 25.0 Å². The standard InChI is InChI=1S/C20H20N2O4/c23-19-17(21-20(24)25)18(14-6-2-1-3-7-14)26-16-9-5-4-8-15(16)22(19)12-13-10-11-13/h1-9,13,17-18,21H,10-12H2,(H,24,25)/t17-,18+/m0/s1. The Labute approximate surface area is 151 Å². The highest BCUT2D eigenvalue weighted by Gasteiger charge is 2.41. The van der Waals surface area contributed by atoms with Crippen LogP contribution in [0.25, 0.3) is 0 Å². The Morgan fingerprint density at radius 2 is 1.81 bits per heavy atom. The van der Waals surface area contributed by atoms with E-state index in [0.717, 1.165) is 18.4 Å². The van der Waals surface area contributed by atoms with E-state index in [1.165, 1.54) is 0 Å². The number of carbonyl (C=O) groups is 2. The van der Waals surface area contributed by atoms with Crippen LogP contribution in [0, 0.1) is 5.92 Å². The highest BCUT2D eigenvalue weighted by atomic mass is 16.5. The largest absolute Gasteiger partial charge is 0.481 e. The molecule has 4 rings (SSSR count). The normalized spacial score (nSPS) is 22.2. The molecule has 0 bridgehead atoms. The number of carboxylic acid groups (broad SMARTS) is 1. The zero-order valence-electron chi connectivity index (χ0n) is 14.2. The summed E-state index contributed by atoms with van der Waals surface area (Å²) in [6, 6.07) is 15.6. The maximum absolute atomic E-state index is 13.3. The monoisotopic (exact) mass is 352 g/mol. The fourth-order valence-corrected chi connectivity index (χ4v) is 3.32. The van der Waals surface area contributed by atoms with Crippen LogP contribution < -0.4 is 15.0 Å². The molecule has 0 radical (unpaired) electrons. The molecule has 2 N–H and O–H groups in total. The Morgan fingerprint density at radius 1 is 1.12 bits per heavy atom. The lowest BCUT2D eigenvalue weighted by molar-refractivity contribution is -0.122. The first kappa shape index (κ1) is 16.4. The molecular weight excluding hydrogens is 332 g/mol. The van der Waals surface area contributed by atoms with E-state index in [4.69, 9.17) is 4.74 Å². The quantitative estimate of drug-likeness (QED) is 0.886. The molecule has 0 aromatic heterocycles. The van der Waals surface area contributed by atoms with Crippen molar-refractivity contribution in [1.29, 1.82) is 0 Å². The number of fused-ring (bicyclic) bond motifs is 1. The molecule has 2 aromatic rings. The third-order valence-electron chi connectivity index (χ3n) is 4.79. The second-order valence-corrected chi connectivity index (χ2v) is 6.74. The minimum atomic E-state index is -1.25. The first-order valence-electron chi connectivity index (χ1n) is 8.75. The number of nitrogens with zero attached hydrogens (tertiary/aromatic N) is 1. The number of carbonyl (C=O) groups excluding carboxylic acids is 1. The Balaban J connectivity index is 1.79. The van der Waals surface area contributed by atoms with Gasteiger partial charge in [-0.05, 0) is 36.5 Å². The molecule has 0 saturated heterocycles. The summed E-state index contributed by atoms with van der Waals surface area (Å²) in [4.78, 5) is 26.4. The van der Waals surface area contributed by atoms with E-state index in [1.807, 2.05) is 54.6 Å². The predicted molar refractivity (Wildman–Crippen MR) is 96.3 cm³/mol. The molecule has 6 nitrogen and oxygen atoms in total. The number of nitrogens with one attached hydrogen (secondary N) is 1. The molecule has 1 aliphatic heterocycles. The molecule has 134 valence electrons. The fraction of sp³-hybridized carbons (Fsp3) is 0.300. The fourth-order valence-electron chi connectivity index (χ4n) is 3.32. The van der Waals surface area contributed by atoms with Crippen molar-refractivity contribution in [3.8, 4) is 5.75 Å². The smallest absolute Gasteiger partial charge is 0.405 e. The molecule has 2 aromatic carbocycles. The summed E-state index contributed by atoms with van der Waals surface area (Å²) >= 11 is 0. The number of hydrogen-bond donors (Lipinski definition) is 2. The summed E-state index contributed by atoms with van der Waals surface area (Å²) in [5.74, 6) is 0.772. The lowest BCUT2D eigenvalue weighted by Crippen LogP contribution is -2.51. The number of benzene rings is 2. The Bertz CT molecular complexity index is 820. The van der Waals surface area contributed by atoms with E-state index in [0.29, 0.717) is 23.9 Å². The van der Waals surface area contributed by atoms with E-state index >= 15 is 0 Å². The average molecular weight is 352 g/mol. The highest BCUT2D eigenvalue weighted by molar-refractivity contribution is 6.01. The van der Waals surface area contributed by atoms with Crippen LogP contribution in [0.1, 0.15) is 24.5 Å². The molecule has 1 fully saturated rings. The Hall–Kier alpha value is -3.02. The average Bonchev–Trinajstić information content (AvgIpc) is 3.47. The molecule has 2 aliphatic rings. The van der Waals surface area contributed by atoms with Crippen LogP contribution in [-0.2, 0) is 4.79 Å². The summed E-state index contributed by atoms with van der Waals surface area (Å²) in [6.45, 7) is 0.582. The van der Waals surface area contributed by atoms with E-state index in [1.54, 1.807) is 4.90 Å². The van der Waals surface area contributed by atoms with Gasteiger partial charge >= 0.3 is 6.09 Å². The molecule has 2 amide bonds. The third kappa shape index (κ3) is 3.22. The first-order valence-corrected chi connectivity index (χ1v) is 8.75. The zero-order chi connectivity index (χ0) is 18.1. The van der Waals surface area contributed by atoms with Crippen molar-refractivity contribution in [2.24, 2.45) is 5.92 Å². The van der Waals surface area contributed by atoms with Crippen molar-refractivity contribution >= 4 is 17.7 Å². The van der Waals surface area contributed by atoms with E-state index in [-0.39, 0.29) is 5.91 Å². The number of rotatable bonds is 4. The molecule has 1 saturated carbocycles. The second kappa shape index (κ2) is 6.71. The van der Waals surface area contributed by atoms with Gasteiger partial charge in [0.2, 0.25) is 0 Å². The lowest BCUT2D eigenvalue weighted by Gasteiger charge is -2.27. The third-order valence-corrected chi connectivity index (χ3v) is 4.79. The highest BCUT2D eigenvalue weighted by Crippen LogP contribution is 2.40. The van der Waals surface area contributed by atoms with Gasteiger partial charge in [0.15, 0.2) is 12.1 Å². The van der Waals surface area contributed by atoms with Gasteiger partial charge in [-0.2, -0.15) is 0 Å². The van der Waals surface area contributed by atoms with E-state index in [2.05, 4.69) is 5.32 Å². The van der Waals surface area contributed by atoms with Crippen LogP contribution in [-0.4, -0.2) is 29.7 Å². The van der Waals surface area contributed by atoms with Crippen LogP contribution in [0.3, 0.4) is 0 Å². The zero-order valence-corrected chi connectivity index (χ0v) is 14.2. The first-order chi connectivity index (χ1) is 12.6.